The number of β-lactam (4-membered cyclic amide) rings is 1. The number of carbonyl (C=O) groups excluding carboxylic acids is 3. The predicted octanol–water partition coefficient (Wildman–Crippen LogP) is 9.96. The van der Waals surface area contributed by atoms with Crippen LogP contribution < -0.4 is 38.9 Å². The van der Waals surface area contributed by atoms with Crippen LogP contribution in [0.2, 0.25) is 0 Å². The van der Waals surface area contributed by atoms with Crippen molar-refractivity contribution >= 4 is 51.7 Å². The Morgan fingerprint density at radius 2 is 1.22 bits per heavy atom. The summed E-state index contributed by atoms with van der Waals surface area (Å²) in [6, 6.07) is 52.7. The molecule has 0 aliphatic carbocycles. The lowest BCUT2D eigenvalue weighted by Crippen LogP contribution is -2.80. The summed E-state index contributed by atoms with van der Waals surface area (Å²) in [5, 5.41) is 11.3. The van der Waals surface area contributed by atoms with Crippen LogP contribution in [0.25, 0.3) is 0 Å². The molecule has 2 N–H and O–H groups in total. The fraction of sp³-hybridized carbons (Fsp3) is 0.206. The molecular formula is C63H59N6O11S2+. The van der Waals surface area contributed by atoms with E-state index >= 15 is 0 Å². The lowest BCUT2D eigenvalue weighted by Gasteiger charge is -2.56. The molecule has 17 nitrogen and oxygen atoms in total. The van der Waals surface area contributed by atoms with Gasteiger partial charge in [0.05, 0.1) is 21.3 Å². The molecule has 2 unspecified atom stereocenters. The molecule has 6 aromatic carbocycles. The highest BCUT2D eigenvalue weighted by Gasteiger charge is 2.68. The third kappa shape index (κ3) is 12.0. The van der Waals surface area contributed by atoms with Crippen molar-refractivity contribution in [1.82, 2.24) is 15.2 Å². The largest absolute Gasteiger partial charge is 0.497 e. The number of thioether (sulfide) groups is 1. The highest BCUT2D eigenvalue weighted by molar-refractivity contribution is 8.00. The Bertz CT molecular complexity index is 3460. The first-order valence-electron chi connectivity index (χ1n) is 26.1. The summed E-state index contributed by atoms with van der Waals surface area (Å²) >= 11 is 2.49. The number of aromatic nitrogens is 2. The van der Waals surface area contributed by atoms with Crippen molar-refractivity contribution in [2.24, 2.45) is 5.16 Å². The average Bonchev–Trinajstić information content (AvgIpc) is 3.00. The molecule has 0 saturated carbocycles. The summed E-state index contributed by atoms with van der Waals surface area (Å²) in [5.41, 5.74) is 4.32. The van der Waals surface area contributed by atoms with Gasteiger partial charge >= 0.3 is 5.97 Å². The minimum Gasteiger partial charge on any atom is -0.497 e. The number of esters is 1. The van der Waals surface area contributed by atoms with Gasteiger partial charge in [0.2, 0.25) is 17.0 Å². The van der Waals surface area contributed by atoms with Crippen LogP contribution in [0, 0.1) is 0 Å². The van der Waals surface area contributed by atoms with E-state index < -0.39 is 40.6 Å². The number of nitrogens with one attached hydrogen (secondary N) is 2. The van der Waals surface area contributed by atoms with Crippen LogP contribution in [-0.2, 0) is 54.1 Å². The second-order valence-corrected chi connectivity index (χ2v) is 20.8. The molecule has 4 heterocycles. The molecule has 0 radical (unpaired) electrons. The van der Waals surface area contributed by atoms with Gasteiger partial charge in [-0.05, 0) is 75.9 Å². The van der Waals surface area contributed by atoms with Crippen LogP contribution in [0.4, 0.5) is 5.13 Å². The van der Waals surface area contributed by atoms with E-state index in [1.54, 1.807) is 87.0 Å². The average molecular weight is 1140 g/mol. The summed E-state index contributed by atoms with van der Waals surface area (Å²) in [7, 11) is 6.10. The third-order valence-electron chi connectivity index (χ3n) is 13.8. The van der Waals surface area contributed by atoms with Crippen molar-refractivity contribution in [2.45, 2.75) is 49.6 Å². The molecule has 2 aliphatic rings. The first-order chi connectivity index (χ1) is 40.0. The molecule has 0 spiro atoms. The molecule has 2 amide bonds. The number of nitrogens with zero attached hydrogens (tertiary/aromatic N) is 4. The number of amides is 2. The molecule has 2 aromatic heterocycles. The zero-order chi connectivity index (χ0) is 57.1. The van der Waals surface area contributed by atoms with Crippen LogP contribution in [0.5, 0.6) is 28.7 Å². The number of methoxy groups -OCH3 is 3. The van der Waals surface area contributed by atoms with Gasteiger partial charge in [0.1, 0.15) is 61.1 Å². The van der Waals surface area contributed by atoms with Crippen LogP contribution >= 0.6 is 23.1 Å². The summed E-state index contributed by atoms with van der Waals surface area (Å²) in [6.45, 7) is 2.10. The summed E-state index contributed by atoms with van der Waals surface area (Å²) in [4.78, 5) is 55.3. The van der Waals surface area contributed by atoms with Crippen molar-refractivity contribution in [2.75, 3.05) is 39.5 Å². The first-order valence-corrected chi connectivity index (χ1v) is 28.0. The van der Waals surface area contributed by atoms with Gasteiger partial charge < -0.3 is 43.9 Å². The van der Waals surface area contributed by atoms with Gasteiger partial charge in [-0.25, -0.2) is 9.78 Å². The van der Waals surface area contributed by atoms with Crippen molar-refractivity contribution in [3.63, 3.8) is 0 Å². The zero-order valence-corrected chi connectivity index (χ0v) is 47.2. The van der Waals surface area contributed by atoms with E-state index in [4.69, 9.17) is 43.0 Å². The second-order valence-electron chi connectivity index (χ2n) is 18.8. The number of pyridine rings is 1. The minimum atomic E-state index is -1.70. The van der Waals surface area contributed by atoms with Gasteiger partial charge in [-0.2, -0.15) is 4.57 Å². The Morgan fingerprint density at radius 1 is 0.707 bits per heavy atom. The smallest absolute Gasteiger partial charge is 0.355 e. The summed E-state index contributed by atoms with van der Waals surface area (Å²) in [6.07, 6.45) is 4.22. The lowest BCUT2D eigenvalue weighted by molar-refractivity contribution is -0.764. The SMILES string of the molecule is CO/N=C(\C(=O)N[C@@H]1C(=O)N2C(C(=O)OCc3ccc(OC)cc3)=CCSC12OC(C)[n+]1ccc(OCc2ccc(OC)cc2)c(OCc2ccc(OC)cc2)c1)c1csc(NC(c2ccccc2)(c2ccccc2)c2ccccc2)n1. The fourth-order valence-electron chi connectivity index (χ4n) is 9.57. The standard InChI is InChI=1S/C63H58N6O11S2/c1-42(68-35-33-54(77-38-43-21-27-49(73-2)28-22-43)55(37-68)78-39-44-23-29-50(74-3)30-24-44)80-63-57(59(71)69(63)53(34-36-82-63)60(72)79-40-45-25-31-51(75-4)32-26-45)65-58(70)56(67-76-5)52-41-81-61(64-52)66-62(46-15-9-6-10-16-46,47-17-11-7-12-18-47)48-19-13-8-14-20-48/h6-35,37,41-42,57H,36,38-40H2,1-5H3,(H-,64,65,66,70)/p+1/b67-56-/t42?,57-,63?/m1/s1. The van der Waals surface area contributed by atoms with Crippen LogP contribution in [-0.4, -0.2) is 78.7 Å². The third-order valence-corrected chi connectivity index (χ3v) is 15.8. The van der Waals surface area contributed by atoms with E-state index in [0.29, 0.717) is 33.7 Å². The number of carbonyl (C=O) groups is 3. The molecule has 3 atom stereocenters. The van der Waals surface area contributed by atoms with Crippen molar-refractivity contribution in [1.29, 1.82) is 0 Å². The van der Waals surface area contributed by atoms with Crippen LogP contribution in [0.3, 0.4) is 0 Å². The Labute approximate surface area is 483 Å². The zero-order valence-electron chi connectivity index (χ0n) is 45.6. The number of hydrogen-bond donors (Lipinski definition) is 2. The highest BCUT2D eigenvalue weighted by atomic mass is 32.2. The Hall–Kier alpha value is -9.17. The number of ether oxygens (including phenoxy) is 7. The molecule has 1 fully saturated rings. The summed E-state index contributed by atoms with van der Waals surface area (Å²) in [5.74, 6) is 0.914. The van der Waals surface area contributed by atoms with E-state index in [9.17, 15) is 14.4 Å². The Morgan fingerprint density at radius 3 is 1.73 bits per heavy atom. The van der Waals surface area contributed by atoms with Gasteiger partial charge in [-0.15, -0.1) is 11.3 Å². The van der Waals surface area contributed by atoms with Gasteiger partial charge in [-0.1, -0.05) is 144 Å². The first kappa shape index (κ1) is 56.1. The lowest BCUT2D eigenvalue weighted by atomic mass is 9.77. The minimum absolute atomic E-state index is 0.0505. The van der Waals surface area contributed by atoms with Gasteiger partial charge in [0.25, 0.3) is 18.0 Å². The van der Waals surface area contributed by atoms with Crippen molar-refractivity contribution in [3.8, 4) is 28.7 Å². The van der Waals surface area contributed by atoms with Crippen molar-refractivity contribution < 1.29 is 56.9 Å². The number of hydrogen-bond acceptors (Lipinski definition) is 16. The molecule has 418 valence electrons. The number of oxime groups is 1. The number of benzene rings is 6. The van der Waals surface area contributed by atoms with E-state index in [2.05, 4.69) is 52.2 Å². The molecule has 10 rings (SSSR count). The maximum atomic E-state index is 14.9. The fourth-order valence-corrected chi connectivity index (χ4v) is 11.7. The topological polar surface area (TPSA) is 181 Å². The van der Waals surface area contributed by atoms with E-state index in [1.807, 2.05) is 103 Å². The molecule has 0 bridgehead atoms. The van der Waals surface area contributed by atoms with Gasteiger partial charge in [0.15, 0.2) is 28.8 Å². The van der Waals surface area contributed by atoms with Gasteiger partial charge in [-0.3, -0.25) is 19.2 Å². The number of rotatable bonds is 24. The van der Waals surface area contributed by atoms with Crippen LogP contribution in [0.15, 0.2) is 205 Å². The predicted molar refractivity (Wildman–Crippen MR) is 310 cm³/mol. The number of thiazole rings is 1. The highest BCUT2D eigenvalue weighted by Crippen LogP contribution is 2.50. The Kier molecular flexibility index (Phi) is 17.5. The normalized spacial score (nSPS) is 16.1. The molecular weight excluding hydrogens is 1080 g/mol. The Balaban J connectivity index is 0.952. The van der Waals surface area contributed by atoms with Crippen molar-refractivity contribution in [3.05, 3.63) is 238 Å². The number of fused-ring (bicyclic) bond motifs is 1. The quantitative estimate of drug-likeness (QED) is 0.0146. The molecule has 1 saturated heterocycles. The molecule has 82 heavy (non-hydrogen) atoms. The van der Waals surface area contributed by atoms with Crippen LogP contribution in [0.1, 0.15) is 52.2 Å². The van der Waals surface area contributed by atoms with E-state index in [0.717, 1.165) is 33.6 Å². The van der Waals surface area contributed by atoms with Gasteiger partial charge in [0, 0.05) is 24.1 Å². The maximum absolute atomic E-state index is 14.9. The van der Waals surface area contributed by atoms with E-state index in [1.165, 1.54) is 35.1 Å². The maximum Gasteiger partial charge on any atom is 0.355 e. The molecule has 19 heteroatoms. The second kappa shape index (κ2) is 25.5. The summed E-state index contributed by atoms with van der Waals surface area (Å²) < 4.78 is 43.4. The molecule has 8 aromatic rings. The monoisotopic (exact) mass is 1140 g/mol. The number of anilines is 1. The van der Waals surface area contributed by atoms with E-state index in [-0.39, 0.29) is 42.7 Å². The molecule has 2 aliphatic heterocycles.